The van der Waals surface area contributed by atoms with E-state index in [0.717, 1.165) is 12.8 Å². The molecule has 0 bridgehead atoms. The maximum absolute atomic E-state index is 12.6. The van der Waals surface area contributed by atoms with Crippen molar-refractivity contribution in [3.8, 4) is 0 Å². The van der Waals surface area contributed by atoms with Crippen LogP contribution in [0, 0.1) is 0 Å². The summed E-state index contributed by atoms with van der Waals surface area (Å²) in [6.45, 7) is 0. The molecule has 1 atom stereocenters. The average Bonchev–Trinajstić information content (AvgIpc) is 3.16. The number of nitrogens with zero attached hydrogens (tertiary/aromatic N) is 1. The zero-order chi connectivity index (χ0) is 20.2. The number of rotatable bonds is 5. The summed E-state index contributed by atoms with van der Waals surface area (Å²) in [5, 5.41) is 5.84. The number of amides is 2. The lowest BCUT2D eigenvalue weighted by atomic mass is 10.0. The molecule has 0 saturated heterocycles. The zero-order valence-corrected chi connectivity index (χ0v) is 15.8. The molecule has 4 N–H and O–H groups in total. The molecule has 0 saturated carbocycles. The predicted octanol–water partition coefficient (Wildman–Crippen LogP) is 2.62. The molecule has 1 aliphatic rings. The fourth-order valence-corrected chi connectivity index (χ4v) is 3.58. The highest BCUT2D eigenvalue weighted by atomic mass is 16.2. The van der Waals surface area contributed by atoms with Gasteiger partial charge in [0.05, 0.1) is 0 Å². The molecule has 6 nitrogen and oxygen atoms in total. The number of pyridine rings is 1. The van der Waals surface area contributed by atoms with Gasteiger partial charge in [-0.1, -0.05) is 36.4 Å². The normalized spacial score (nSPS) is 14.1. The Morgan fingerprint density at radius 3 is 2.17 bits per heavy atom. The number of hydrogen-bond donors (Lipinski definition) is 3. The van der Waals surface area contributed by atoms with Gasteiger partial charge in [-0.25, -0.2) is 0 Å². The smallest absolute Gasteiger partial charge is 0.255 e. The van der Waals surface area contributed by atoms with E-state index in [1.807, 2.05) is 12.1 Å². The van der Waals surface area contributed by atoms with Crippen LogP contribution in [0.3, 0.4) is 0 Å². The lowest BCUT2D eigenvalue weighted by Gasteiger charge is -2.17. The van der Waals surface area contributed by atoms with E-state index in [1.165, 1.54) is 11.1 Å². The van der Waals surface area contributed by atoms with Crippen molar-refractivity contribution in [2.24, 2.45) is 5.73 Å². The van der Waals surface area contributed by atoms with E-state index in [9.17, 15) is 9.59 Å². The first kappa shape index (κ1) is 18.8. The number of carbonyl (C=O) groups is 2. The lowest BCUT2D eigenvalue weighted by molar-refractivity contribution is -0.123. The molecule has 3 aromatic rings. The molecule has 1 aliphatic carbocycles. The largest absolute Gasteiger partial charge is 0.351 e. The number of carbonyl (C=O) groups excluding carboxylic acids is 2. The highest BCUT2D eigenvalue weighted by Crippen LogP contribution is 2.22. The Bertz CT molecular complexity index is 994. The lowest BCUT2D eigenvalue weighted by Crippen LogP contribution is -2.41. The van der Waals surface area contributed by atoms with Crippen LogP contribution in [0.4, 0.5) is 5.69 Å². The summed E-state index contributed by atoms with van der Waals surface area (Å²) in [7, 11) is 0. The van der Waals surface area contributed by atoms with E-state index in [-0.39, 0.29) is 17.9 Å². The molecule has 0 radical (unpaired) electrons. The number of nitrogens with one attached hydrogen (secondary N) is 2. The predicted molar refractivity (Wildman–Crippen MR) is 111 cm³/mol. The van der Waals surface area contributed by atoms with Crippen LogP contribution in [0.1, 0.15) is 33.1 Å². The van der Waals surface area contributed by atoms with Crippen molar-refractivity contribution >= 4 is 17.5 Å². The number of benzene rings is 2. The van der Waals surface area contributed by atoms with E-state index in [2.05, 4.69) is 27.8 Å². The van der Waals surface area contributed by atoms with Gasteiger partial charge in [0, 0.05) is 29.7 Å². The van der Waals surface area contributed by atoms with E-state index in [1.54, 1.807) is 48.8 Å². The van der Waals surface area contributed by atoms with Crippen molar-refractivity contribution < 1.29 is 9.59 Å². The summed E-state index contributed by atoms with van der Waals surface area (Å²) in [6, 6.07) is 17.7. The minimum Gasteiger partial charge on any atom is -0.351 e. The minimum atomic E-state index is -0.781. The Morgan fingerprint density at radius 1 is 0.931 bits per heavy atom. The summed E-state index contributed by atoms with van der Waals surface area (Å²) in [6.07, 6.45) is 4.86. The Labute approximate surface area is 169 Å². The van der Waals surface area contributed by atoms with Gasteiger partial charge in [0.1, 0.15) is 6.04 Å². The first-order chi connectivity index (χ1) is 14.1. The van der Waals surface area contributed by atoms with Crippen molar-refractivity contribution in [3.63, 3.8) is 0 Å². The highest BCUT2D eigenvalue weighted by Gasteiger charge is 2.25. The number of anilines is 1. The fourth-order valence-electron chi connectivity index (χ4n) is 3.58. The van der Waals surface area contributed by atoms with Gasteiger partial charge in [-0.15, -0.1) is 0 Å². The second-order valence-corrected chi connectivity index (χ2v) is 7.17. The molecule has 1 heterocycles. The van der Waals surface area contributed by atoms with E-state index in [0.29, 0.717) is 16.8 Å². The third-order valence-electron chi connectivity index (χ3n) is 5.15. The van der Waals surface area contributed by atoms with E-state index in [4.69, 9.17) is 5.73 Å². The van der Waals surface area contributed by atoms with Crippen LogP contribution >= 0.6 is 0 Å². The molecule has 2 aromatic carbocycles. The molecule has 2 amide bonds. The Morgan fingerprint density at radius 2 is 1.55 bits per heavy atom. The van der Waals surface area contributed by atoms with E-state index >= 15 is 0 Å². The van der Waals surface area contributed by atoms with Crippen molar-refractivity contribution in [1.29, 1.82) is 0 Å². The summed E-state index contributed by atoms with van der Waals surface area (Å²) < 4.78 is 0. The Balaban J connectivity index is 1.36. The van der Waals surface area contributed by atoms with E-state index < -0.39 is 6.04 Å². The topological polar surface area (TPSA) is 97.1 Å². The first-order valence-corrected chi connectivity index (χ1v) is 9.54. The molecule has 4 rings (SSSR count). The Hall–Kier alpha value is -3.51. The third-order valence-corrected chi connectivity index (χ3v) is 5.15. The van der Waals surface area contributed by atoms with Gasteiger partial charge in [0.15, 0.2) is 0 Å². The van der Waals surface area contributed by atoms with Gasteiger partial charge in [0.2, 0.25) is 5.91 Å². The van der Waals surface area contributed by atoms with Crippen LogP contribution in [0.2, 0.25) is 0 Å². The van der Waals surface area contributed by atoms with Gasteiger partial charge in [-0.2, -0.15) is 0 Å². The molecule has 146 valence electrons. The van der Waals surface area contributed by atoms with Gasteiger partial charge in [-0.3, -0.25) is 14.6 Å². The number of fused-ring (bicyclic) bond motifs is 1. The van der Waals surface area contributed by atoms with Crippen molar-refractivity contribution in [2.45, 2.75) is 24.9 Å². The SMILES string of the molecule is NC(C(=O)NC1Cc2ccccc2C1)c1ccc(C(=O)Nc2ccncc2)cc1. The molecule has 1 unspecified atom stereocenters. The van der Waals surface area contributed by atoms with Crippen molar-refractivity contribution in [3.05, 3.63) is 95.3 Å². The van der Waals surface area contributed by atoms with Crippen molar-refractivity contribution in [1.82, 2.24) is 10.3 Å². The molecule has 29 heavy (non-hydrogen) atoms. The van der Waals surface area contributed by atoms with Crippen molar-refractivity contribution in [2.75, 3.05) is 5.32 Å². The second kappa shape index (κ2) is 8.24. The third kappa shape index (κ3) is 4.33. The molecule has 0 spiro atoms. The molecule has 6 heteroatoms. The maximum atomic E-state index is 12.6. The summed E-state index contributed by atoms with van der Waals surface area (Å²) in [5.74, 6) is -0.443. The molecular formula is C23H22N4O2. The van der Waals surface area contributed by atoms with Crippen LogP contribution in [-0.4, -0.2) is 22.8 Å². The number of hydrogen-bond acceptors (Lipinski definition) is 4. The van der Waals surface area contributed by atoms with Gasteiger partial charge in [0.25, 0.3) is 5.91 Å². The van der Waals surface area contributed by atoms with Gasteiger partial charge >= 0.3 is 0 Å². The quantitative estimate of drug-likeness (QED) is 0.628. The second-order valence-electron chi connectivity index (χ2n) is 7.17. The highest BCUT2D eigenvalue weighted by molar-refractivity contribution is 6.04. The number of nitrogens with two attached hydrogens (primary N) is 1. The monoisotopic (exact) mass is 386 g/mol. The van der Waals surface area contributed by atoms with Gasteiger partial charge < -0.3 is 16.4 Å². The minimum absolute atomic E-state index is 0.0661. The Kier molecular flexibility index (Phi) is 5.35. The summed E-state index contributed by atoms with van der Waals surface area (Å²) in [5.41, 5.74) is 10.5. The van der Waals surface area contributed by atoms with Crippen LogP contribution in [-0.2, 0) is 17.6 Å². The molecule has 0 aliphatic heterocycles. The van der Waals surface area contributed by atoms with Crippen LogP contribution in [0.5, 0.6) is 0 Å². The fraction of sp³-hybridized carbons (Fsp3) is 0.174. The zero-order valence-electron chi connectivity index (χ0n) is 15.8. The standard InChI is InChI=1S/C23H22N4O2/c24-21(23(29)27-20-13-17-3-1-2-4-18(17)14-20)15-5-7-16(8-6-15)22(28)26-19-9-11-25-12-10-19/h1-12,20-21H,13-14,24H2,(H,27,29)(H,25,26,28). The molecule has 0 fully saturated rings. The first-order valence-electron chi connectivity index (χ1n) is 9.54. The number of aromatic nitrogens is 1. The molecular weight excluding hydrogens is 364 g/mol. The molecule has 1 aromatic heterocycles. The van der Waals surface area contributed by atoms with Crippen LogP contribution in [0.15, 0.2) is 73.1 Å². The summed E-state index contributed by atoms with van der Waals surface area (Å²) >= 11 is 0. The van der Waals surface area contributed by atoms with Crippen LogP contribution in [0.25, 0.3) is 0 Å². The summed E-state index contributed by atoms with van der Waals surface area (Å²) in [4.78, 5) is 28.8. The average molecular weight is 386 g/mol. The maximum Gasteiger partial charge on any atom is 0.255 e. The van der Waals surface area contributed by atoms with Gasteiger partial charge in [-0.05, 0) is 53.8 Å². The van der Waals surface area contributed by atoms with Crippen LogP contribution < -0.4 is 16.4 Å².